The molecule has 0 aliphatic carbocycles. The normalized spacial score (nSPS) is 10.4. The Morgan fingerprint density at radius 1 is 0.792 bits per heavy atom. The summed E-state index contributed by atoms with van der Waals surface area (Å²) in [7, 11) is 1.31. The van der Waals surface area contributed by atoms with Crippen LogP contribution in [0.5, 0.6) is 0 Å². The van der Waals surface area contributed by atoms with Gasteiger partial charge in [-0.15, -0.1) is 0 Å². The van der Waals surface area contributed by atoms with Gasteiger partial charge in [0.05, 0.1) is 12.7 Å². The fourth-order valence-electron chi connectivity index (χ4n) is 2.74. The molecule has 0 spiro atoms. The number of benzene rings is 3. The first-order valence-corrected chi connectivity index (χ1v) is 7.70. The molecule has 0 bridgehead atoms. The smallest absolute Gasteiger partial charge is 0.293 e. The number of carbonyl (C=O) groups excluding carboxylic acids is 1. The van der Waals surface area contributed by atoms with Crippen LogP contribution < -0.4 is 0 Å². The number of rotatable bonds is 4. The fourth-order valence-corrected chi connectivity index (χ4v) is 2.74. The minimum atomic E-state index is -0.495. The highest BCUT2D eigenvalue weighted by molar-refractivity contribution is 5.90. The Bertz CT molecular complexity index is 854. The van der Waals surface area contributed by atoms with Crippen molar-refractivity contribution in [1.82, 2.24) is 0 Å². The molecule has 0 aromatic heterocycles. The van der Waals surface area contributed by atoms with E-state index in [1.807, 2.05) is 43.3 Å². The van der Waals surface area contributed by atoms with Gasteiger partial charge in [0, 0.05) is 0 Å². The molecule has 0 fully saturated rings. The maximum Gasteiger partial charge on any atom is 0.373 e. The third kappa shape index (κ3) is 3.36. The summed E-state index contributed by atoms with van der Waals surface area (Å²) in [4.78, 5) is 20.7. The summed E-state index contributed by atoms with van der Waals surface area (Å²) < 4.78 is 0. The van der Waals surface area contributed by atoms with Crippen LogP contribution in [0.4, 0.5) is 0 Å². The Kier molecular flexibility index (Phi) is 4.73. The monoisotopic (exact) mass is 318 g/mol. The lowest BCUT2D eigenvalue weighted by Gasteiger charge is -2.10. The highest BCUT2D eigenvalue weighted by atomic mass is 17.2. The van der Waals surface area contributed by atoms with E-state index in [9.17, 15) is 4.79 Å². The predicted octanol–water partition coefficient (Wildman–Crippen LogP) is 5.05. The number of hydrogen-bond donors (Lipinski definition) is 0. The number of hydrogen-bond acceptors (Lipinski definition) is 3. The lowest BCUT2D eigenvalue weighted by Crippen LogP contribution is -2.04. The first kappa shape index (κ1) is 16.0. The molecule has 0 saturated carbocycles. The van der Waals surface area contributed by atoms with Gasteiger partial charge in [0.2, 0.25) is 0 Å². The summed E-state index contributed by atoms with van der Waals surface area (Å²) in [6, 6.07) is 24.1. The molecule has 0 amide bonds. The zero-order valence-electron chi connectivity index (χ0n) is 13.7. The molecule has 0 radical (unpaired) electrons. The number of carbonyl (C=O) groups is 1. The topological polar surface area (TPSA) is 35.5 Å². The lowest BCUT2D eigenvalue weighted by atomic mass is 9.95. The van der Waals surface area contributed by atoms with Gasteiger partial charge in [-0.25, -0.2) is 4.79 Å². The van der Waals surface area contributed by atoms with E-state index in [1.165, 1.54) is 12.7 Å². The molecular weight excluding hydrogens is 300 g/mol. The summed E-state index contributed by atoms with van der Waals surface area (Å²) in [6.45, 7) is 1.98. The van der Waals surface area contributed by atoms with Crippen molar-refractivity contribution in [2.75, 3.05) is 7.11 Å². The van der Waals surface area contributed by atoms with Crippen LogP contribution in [0.15, 0.2) is 72.8 Å². The van der Waals surface area contributed by atoms with Crippen molar-refractivity contribution in [2.24, 2.45) is 0 Å². The molecule has 3 rings (SSSR count). The summed E-state index contributed by atoms with van der Waals surface area (Å²) >= 11 is 0. The van der Waals surface area contributed by atoms with Crippen molar-refractivity contribution >= 4 is 5.97 Å². The van der Waals surface area contributed by atoms with Gasteiger partial charge < -0.3 is 0 Å². The Morgan fingerprint density at radius 3 is 2.21 bits per heavy atom. The molecule has 0 aliphatic rings. The zero-order valence-corrected chi connectivity index (χ0v) is 13.7. The SMILES string of the molecule is COOC(=O)c1ccc(-c2cccc(-c3ccccc3)c2)c(C)c1. The quantitative estimate of drug-likeness (QED) is 0.499. The fraction of sp³-hybridized carbons (Fsp3) is 0.0952. The Labute approximate surface area is 141 Å². The van der Waals surface area contributed by atoms with Gasteiger partial charge in [0.1, 0.15) is 0 Å². The molecule has 120 valence electrons. The van der Waals surface area contributed by atoms with Crippen LogP contribution in [0.2, 0.25) is 0 Å². The molecule has 0 heterocycles. The maximum atomic E-state index is 11.7. The van der Waals surface area contributed by atoms with Crippen LogP contribution in [0.3, 0.4) is 0 Å². The third-order valence-electron chi connectivity index (χ3n) is 3.90. The first-order chi connectivity index (χ1) is 11.7. The maximum absolute atomic E-state index is 11.7. The van der Waals surface area contributed by atoms with Crippen LogP contribution >= 0.6 is 0 Å². The molecule has 0 aliphatic heterocycles. The summed E-state index contributed by atoms with van der Waals surface area (Å²) in [5.74, 6) is -0.495. The first-order valence-electron chi connectivity index (χ1n) is 7.70. The molecule has 24 heavy (non-hydrogen) atoms. The molecule has 0 unspecified atom stereocenters. The second-order valence-corrected chi connectivity index (χ2v) is 5.51. The van der Waals surface area contributed by atoms with E-state index in [0.29, 0.717) is 5.56 Å². The Morgan fingerprint density at radius 2 is 1.50 bits per heavy atom. The minimum absolute atomic E-state index is 0.470. The van der Waals surface area contributed by atoms with Crippen molar-refractivity contribution in [2.45, 2.75) is 6.92 Å². The molecule has 3 aromatic rings. The molecule has 3 aromatic carbocycles. The third-order valence-corrected chi connectivity index (χ3v) is 3.90. The van der Waals surface area contributed by atoms with Crippen LogP contribution in [0, 0.1) is 6.92 Å². The Hall–Kier alpha value is -2.91. The van der Waals surface area contributed by atoms with Gasteiger partial charge >= 0.3 is 5.97 Å². The second kappa shape index (κ2) is 7.11. The van der Waals surface area contributed by atoms with Crippen LogP contribution in [0.1, 0.15) is 15.9 Å². The summed E-state index contributed by atoms with van der Waals surface area (Å²) in [5, 5.41) is 0. The van der Waals surface area contributed by atoms with Gasteiger partial charge in [-0.1, -0.05) is 54.6 Å². The Balaban J connectivity index is 1.96. The number of aryl methyl sites for hydroxylation is 1. The van der Waals surface area contributed by atoms with Crippen molar-refractivity contribution in [3.63, 3.8) is 0 Å². The van der Waals surface area contributed by atoms with E-state index >= 15 is 0 Å². The van der Waals surface area contributed by atoms with Crippen LogP contribution in [-0.2, 0) is 9.78 Å². The average Bonchev–Trinajstić information content (AvgIpc) is 2.62. The average molecular weight is 318 g/mol. The van der Waals surface area contributed by atoms with E-state index < -0.39 is 5.97 Å². The van der Waals surface area contributed by atoms with E-state index in [-0.39, 0.29) is 0 Å². The highest BCUT2D eigenvalue weighted by Crippen LogP contribution is 2.29. The molecule has 3 nitrogen and oxygen atoms in total. The van der Waals surface area contributed by atoms with Gasteiger partial charge in [0.15, 0.2) is 0 Å². The lowest BCUT2D eigenvalue weighted by molar-refractivity contribution is -0.216. The zero-order chi connectivity index (χ0) is 16.9. The van der Waals surface area contributed by atoms with E-state index in [2.05, 4.69) is 40.1 Å². The molecule has 3 heteroatoms. The van der Waals surface area contributed by atoms with Crippen molar-refractivity contribution in [3.05, 3.63) is 83.9 Å². The summed E-state index contributed by atoms with van der Waals surface area (Å²) in [5.41, 5.74) is 6.01. The van der Waals surface area contributed by atoms with Crippen LogP contribution in [-0.4, -0.2) is 13.1 Å². The minimum Gasteiger partial charge on any atom is -0.293 e. The molecule has 0 atom stereocenters. The molecular formula is C21H18O3. The standard InChI is InChI=1S/C21H18O3/c1-15-13-19(21(22)24-23-2)11-12-20(15)18-10-6-9-17(14-18)16-7-4-3-5-8-16/h3-14H,1-2H3. The van der Waals surface area contributed by atoms with Crippen LogP contribution in [0.25, 0.3) is 22.3 Å². The van der Waals surface area contributed by atoms with Gasteiger partial charge in [0.25, 0.3) is 0 Å². The van der Waals surface area contributed by atoms with E-state index in [4.69, 9.17) is 0 Å². The van der Waals surface area contributed by atoms with Crippen molar-refractivity contribution < 1.29 is 14.6 Å². The highest BCUT2D eigenvalue weighted by Gasteiger charge is 2.11. The van der Waals surface area contributed by atoms with Crippen molar-refractivity contribution in [1.29, 1.82) is 0 Å². The van der Waals surface area contributed by atoms with E-state index in [0.717, 1.165) is 22.3 Å². The summed E-state index contributed by atoms with van der Waals surface area (Å²) in [6.07, 6.45) is 0. The molecule has 0 saturated heterocycles. The largest absolute Gasteiger partial charge is 0.373 e. The van der Waals surface area contributed by atoms with Gasteiger partial charge in [-0.3, -0.25) is 4.89 Å². The predicted molar refractivity (Wildman–Crippen MR) is 94.5 cm³/mol. The van der Waals surface area contributed by atoms with Gasteiger partial charge in [-0.2, -0.15) is 4.89 Å². The van der Waals surface area contributed by atoms with Gasteiger partial charge in [-0.05, 0) is 52.9 Å². The van der Waals surface area contributed by atoms with E-state index in [1.54, 1.807) is 6.07 Å². The van der Waals surface area contributed by atoms with Crippen molar-refractivity contribution in [3.8, 4) is 22.3 Å². The molecule has 0 N–H and O–H groups in total. The second-order valence-electron chi connectivity index (χ2n) is 5.51.